The molecule has 4 heteroatoms. The highest BCUT2D eigenvalue weighted by molar-refractivity contribution is 5.71. The summed E-state index contributed by atoms with van der Waals surface area (Å²) in [6, 6.07) is 5.90. The molecule has 0 unspecified atom stereocenters. The Hall–Kier alpha value is -1.55. The van der Waals surface area contributed by atoms with Crippen LogP contribution in [0.2, 0.25) is 0 Å². The topological polar surface area (TPSA) is 29.5 Å². The van der Waals surface area contributed by atoms with Gasteiger partial charge in [0, 0.05) is 32.1 Å². The predicted molar refractivity (Wildman–Crippen MR) is 68.4 cm³/mol. The summed E-state index contributed by atoms with van der Waals surface area (Å²) in [5, 5.41) is 0. The van der Waals surface area contributed by atoms with Gasteiger partial charge in [-0.25, -0.2) is 4.79 Å². The number of fused-ring (bicyclic) bond motifs is 1. The molecule has 1 amide bonds. The molecule has 1 aliphatic heterocycles. The standard InChI is InChI=1S/C13H19N2O2/c1-14(2)13(16)17-11-6-5-10-7-8-15(3,4)12(10)9-11/h5-6,9H,7-8H2,1-4H3/q+1. The summed E-state index contributed by atoms with van der Waals surface area (Å²) in [4.78, 5) is 12.9. The van der Waals surface area contributed by atoms with Crippen molar-refractivity contribution in [3.63, 3.8) is 0 Å². The third-order valence-corrected chi connectivity index (χ3v) is 3.22. The second-order valence-electron chi connectivity index (χ2n) is 5.21. The van der Waals surface area contributed by atoms with E-state index in [9.17, 15) is 4.79 Å². The zero-order valence-corrected chi connectivity index (χ0v) is 10.9. The van der Waals surface area contributed by atoms with E-state index in [4.69, 9.17) is 4.74 Å². The van der Waals surface area contributed by atoms with Crippen LogP contribution in [0, 0.1) is 0 Å². The van der Waals surface area contributed by atoms with Crippen LogP contribution in [-0.2, 0) is 6.42 Å². The Morgan fingerprint density at radius 3 is 2.71 bits per heavy atom. The van der Waals surface area contributed by atoms with Crippen LogP contribution >= 0.6 is 0 Å². The average molecular weight is 235 g/mol. The minimum Gasteiger partial charge on any atom is -0.410 e. The van der Waals surface area contributed by atoms with Crippen molar-refractivity contribution in [2.45, 2.75) is 6.42 Å². The summed E-state index contributed by atoms with van der Waals surface area (Å²) < 4.78 is 6.12. The lowest BCUT2D eigenvalue weighted by Gasteiger charge is -2.24. The number of carbonyl (C=O) groups is 1. The molecule has 0 fully saturated rings. The van der Waals surface area contributed by atoms with Gasteiger partial charge in [-0.05, 0) is 12.1 Å². The zero-order valence-electron chi connectivity index (χ0n) is 10.9. The van der Waals surface area contributed by atoms with E-state index in [0.717, 1.165) is 17.4 Å². The molecular weight excluding hydrogens is 216 g/mol. The largest absolute Gasteiger partial charge is 0.414 e. The van der Waals surface area contributed by atoms with Gasteiger partial charge in [-0.15, -0.1) is 0 Å². The Labute approximate surface area is 102 Å². The Balaban J connectivity index is 2.25. The lowest BCUT2D eigenvalue weighted by Crippen LogP contribution is -2.37. The molecule has 92 valence electrons. The highest BCUT2D eigenvalue weighted by Crippen LogP contribution is 2.34. The molecule has 17 heavy (non-hydrogen) atoms. The molecule has 1 aliphatic rings. The average Bonchev–Trinajstić information content (AvgIpc) is 2.55. The van der Waals surface area contributed by atoms with Gasteiger partial charge >= 0.3 is 6.09 Å². The van der Waals surface area contributed by atoms with Crippen LogP contribution in [0.1, 0.15) is 5.56 Å². The van der Waals surface area contributed by atoms with E-state index in [-0.39, 0.29) is 6.09 Å². The summed E-state index contributed by atoms with van der Waals surface area (Å²) in [6.07, 6.45) is 0.748. The van der Waals surface area contributed by atoms with Crippen LogP contribution in [0.25, 0.3) is 0 Å². The van der Waals surface area contributed by atoms with Gasteiger partial charge in [-0.1, -0.05) is 0 Å². The minimum atomic E-state index is -0.340. The maximum atomic E-state index is 11.5. The quantitative estimate of drug-likeness (QED) is 0.695. The Bertz CT molecular complexity index is 453. The molecule has 0 spiro atoms. The number of nitrogens with zero attached hydrogens (tertiary/aromatic N) is 2. The molecule has 1 aromatic carbocycles. The zero-order chi connectivity index (χ0) is 12.6. The molecule has 0 atom stereocenters. The number of hydrogen-bond donors (Lipinski definition) is 0. The summed E-state index contributed by atoms with van der Waals surface area (Å²) in [5.41, 5.74) is 2.59. The van der Waals surface area contributed by atoms with Gasteiger partial charge in [-0.3, -0.25) is 4.48 Å². The summed E-state index contributed by atoms with van der Waals surface area (Å²) in [7, 11) is 7.69. The van der Waals surface area contributed by atoms with Crippen molar-refractivity contribution < 1.29 is 9.53 Å². The number of hydrogen-bond acceptors (Lipinski definition) is 2. The van der Waals surface area contributed by atoms with Crippen LogP contribution in [0.4, 0.5) is 10.5 Å². The highest BCUT2D eigenvalue weighted by Gasteiger charge is 2.30. The third kappa shape index (κ3) is 2.26. The lowest BCUT2D eigenvalue weighted by molar-refractivity contribution is 0.172. The van der Waals surface area contributed by atoms with Crippen LogP contribution in [-0.4, -0.2) is 45.7 Å². The van der Waals surface area contributed by atoms with Gasteiger partial charge in [0.15, 0.2) is 0 Å². The fourth-order valence-electron chi connectivity index (χ4n) is 2.09. The van der Waals surface area contributed by atoms with E-state index in [1.165, 1.54) is 16.2 Å². The van der Waals surface area contributed by atoms with Crippen LogP contribution in [0.5, 0.6) is 5.75 Å². The van der Waals surface area contributed by atoms with E-state index in [1.54, 1.807) is 14.1 Å². The fourth-order valence-corrected chi connectivity index (χ4v) is 2.09. The fraction of sp³-hybridized carbons (Fsp3) is 0.462. The highest BCUT2D eigenvalue weighted by atomic mass is 16.6. The third-order valence-electron chi connectivity index (χ3n) is 3.22. The first kappa shape index (κ1) is 11.9. The molecular formula is C13H19N2O2+. The maximum Gasteiger partial charge on any atom is 0.414 e. The van der Waals surface area contributed by atoms with Gasteiger partial charge < -0.3 is 9.64 Å². The molecule has 0 aliphatic carbocycles. The number of quaternary nitrogens is 1. The van der Waals surface area contributed by atoms with Crippen molar-refractivity contribution >= 4 is 11.8 Å². The Kier molecular flexibility index (Phi) is 2.83. The first-order chi connectivity index (χ1) is 7.90. The number of amides is 1. The van der Waals surface area contributed by atoms with Crippen LogP contribution in [0.15, 0.2) is 18.2 Å². The van der Waals surface area contributed by atoms with E-state index in [2.05, 4.69) is 20.2 Å². The first-order valence-corrected chi connectivity index (χ1v) is 5.76. The number of carbonyl (C=O) groups excluding carboxylic acids is 1. The van der Waals surface area contributed by atoms with Crippen LogP contribution in [0.3, 0.4) is 0 Å². The molecule has 0 saturated heterocycles. The molecule has 1 aromatic rings. The first-order valence-electron chi connectivity index (χ1n) is 5.76. The van der Waals surface area contributed by atoms with Crippen molar-refractivity contribution in [1.82, 2.24) is 9.38 Å². The molecule has 4 nitrogen and oxygen atoms in total. The van der Waals surface area contributed by atoms with Gasteiger partial charge in [0.1, 0.15) is 11.4 Å². The van der Waals surface area contributed by atoms with Crippen molar-refractivity contribution in [3.8, 4) is 5.75 Å². The smallest absolute Gasteiger partial charge is 0.410 e. The number of likely N-dealkylation sites (N-methyl/N-ethyl adjacent to an activating group) is 1. The second-order valence-corrected chi connectivity index (χ2v) is 5.21. The molecule has 0 radical (unpaired) electrons. The van der Waals surface area contributed by atoms with Gasteiger partial charge in [-0.2, -0.15) is 0 Å². The lowest BCUT2D eigenvalue weighted by atomic mass is 10.1. The van der Waals surface area contributed by atoms with E-state index in [0.29, 0.717) is 5.75 Å². The van der Waals surface area contributed by atoms with Crippen LogP contribution < -0.4 is 9.22 Å². The second kappa shape index (κ2) is 4.04. The monoisotopic (exact) mass is 235 g/mol. The normalized spacial score (nSPS) is 16.5. The summed E-state index contributed by atoms with van der Waals surface area (Å²) >= 11 is 0. The predicted octanol–water partition coefficient (Wildman–Crippen LogP) is 1.87. The van der Waals surface area contributed by atoms with Gasteiger partial charge in [0.2, 0.25) is 0 Å². The maximum absolute atomic E-state index is 11.5. The molecule has 0 saturated carbocycles. The van der Waals surface area contributed by atoms with E-state index < -0.39 is 0 Å². The summed E-state index contributed by atoms with van der Waals surface area (Å²) in [5.74, 6) is 0.621. The van der Waals surface area contributed by atoms with E-state index in [1.807, 2.05) is 12.1 Å². The minimum absolute atomic E-state index is 0.340. The molecule has 0 N–H and O–H groups in total. The van der Waals surface area contributed by atoms with Crippen molar-refractivity contribution in [1.29, 1.82) is 0 Å². The summed E-state index contributed by atoms with van der Waals surface area (Å²) in [6.45, 7) is 1.10. The van der Waals surface area contributed by atoms with Gasteiger partial charge in [0.05, 0.1) is 20.6 Å². The number of benzene rings is 1. The number of rotatable bonds is 1. The SMILES string of the molecule is CN(C)C(=O)Oc1ccc2c(c1)[N+](C)(C)CC2. The van der Waals surface area contributed by atoms with Crippen molar-refractivity contribution in [2.75, 3.05) is 34.7 Å². The Morgan fingerprint density at radius 1 is 1.35 bits per heavy atom. The molecule has 1 heterocycles. The number of ether oxygens (including phenoxy) is 1. The molecule has 0 aromatic heterocycles. The van der Waals surface area contributed by atoms with Crippen molar-refractivity contribution in [2.24, 2.45) is 0 Å². The molecule has 0 bridgehead atoms. The molecule has 2 rings (SSSR count). The Morgan fingerprint density at radius 2 is 2.06 bits per heavy atom. The van der Waals surface area contributed by atoms with E-state index >= 15 is 0 Å². The van der Waals surface area contributed by atoms with Crippen molar-refractivity contribution in [3.05, 3.63) is 23.8 Å². The van der Waals surface area contributed by atoms with Gasteiger partial charge in [0.25, 0.3) is 0 Å².